The largest absolute Gasteiger partial charge is 0.361 e. The average Bonchev–Trinajstić information content (AvgIpc) is 3.42. The van der Waals surface area contributed by atoms with Gasteiger partial charge in [-0.25, -0.2) is 0 Å². The smallest absolute Gasteiger partial charge is 0.232 e. The minimum Gasteiger partial charge on any atom is -0.361 e. The molecule has 2 atom stereocenters. The Morgan fingerprint density at radius 3 is 2.73 bits per heavy atom. The molecule has 0 radical (unpaired) electrons. The zero-order valence-electron chi connectivity index (χ0n) is 15.6. The van der Waals surface area contributed by atoms with Crippen LogP contribution in [0.15, 0.2) is 4.52 Å². The molecule has 0 unspecified atom stereocenters. The van der Waals surface area contributed by atoms with Gasteiger partial charge in [-0.05, 0) is 51.2 Å². The molecule has 0 aromatic carbocycles. The van der Waals surface area contributed by atoms with Crippen LogP contribution in [0.3, 0.4) is 0 Å². The van der Waals surface area contributed by atoms with Crippen molar-refractivity contribution in [3.05, 3.63) is 17.0 Å². The van der Waals surface area contributed by atoms with E-state index in [1.807, 2.05) is 23.6 Å². The van der Waals surface area contributed by atoms with E-state index in [4.69, 9.17) is 4.52 Å². The van der Waals surface area contributed by atoms with E-state index in [0.29, 0.717) is 25.4 Å². The van der Waals surface area contributed by atoms with Crippen molar-refractivity contribution in [2.24, 2.45) is 11.8 Å². The van der Waals surface area contributed by atoms with E-state index in [9.17, 15) is 9.59 Å². The molecule has 7 heteroatoms. The van der Waals surface area contributed by atoms with Gasteiger partial charge in [0.25, 0.3) is 0 Å². The third-order valence-corrected chi connectivity index (χ3v) is 7.09. The number of hydrogen-bond acceptors (Lipinski definition) is 5. The number of carbonyl (C=O) groups excluding carboxylic acids is 2. The summed E-state index contributed by atoms with van der Waals surface area (Å²) in [6.45, 7) is 5.59. The Morgan fingerprint density at radius 2 is 2.04 bits per heavy atom. The van der Waals surface area contributed by atoms with E-state index in [-0.39, 0.29) is 23.8 Å². The van der Waals surface area contributed by atoms with Gasteiger partial charge in [-0.2, -0.15) is 11.8 Å². The summed E-state index contributed by atoms with van der Waals surface area (Å²) in [5.74, 6) is 3.57. The Balaban J connectivity index is 1.43. The number of aryl methyl sites for hydroxylation is 2. The van der Waals surface area contributed by atoms with Crippen LogP contribution in [-0.4, -0.2) is 57.4 Å². The number of carbonyl (C=O) groups is 2. The molecule has 4 heterocycles. The second-order valence-corrected chi connectivity index (χ2v) is 8.98. The van der Waals surface area contributed by atoms with Gasteiger partial charge in [0, 0.05) is 24.7 Å². The fourth-order valence-electron chi connectivity index (χ4n) is 4.04. The van der Waals surface area contributed by atoms with Gasteiger partial charge in [-0.1, -0.05) is 5.16 Å². The highest BCUT2D eigenvalue weighted by molar-refractivity contribution is 7.99. The summed E-state index contributed by atoms with van der Waals surface area (Å²) in [6.07, 6.45) is 4.50. The summed E-state index contributed by atoms with van der Waals surface area (Å²) in [6, 6.07) is 0.104. The molecule has 4 fully saturated rings. The van der Waals surface area contributed by atoms with Crippen LogP contribution in [-0.2, 0) is 16.1 Å². The van der Waals surface area contributed by atoms with Crippen molar-refractivity contribution in [3.8, 4) is 0 Å². The highest BCUT2D eigenvalue weighted by Crippen LogP contribution is 2.34. The van der Waals surface area contributed by atoms with Crippen LogP contribution in [0, 0.1) is 25.7 Å². The maximum absolute atomic E-state index is 13.0. The number of piperidine rings is 1. The van der Waals surface area contributed by atoms with Gasteiger partial charge in [0.1, 0.15) is 5.76 Å². The number of rotatable bonds is 6. The fourth-order valence-corrected chi connectivity index (χ4v) is 5.18. The Kier molecular flexibility index (Phi) is 4.99. The molecule has 3 aliphatic heterocycles. The molecular weight excluding hydrogens is 350 g/mol. The van der Waals surface area contributed by atoms with E-state index >= 15 is 0 Å². The van der Waals surface area contributed by atoms with Gasteiger partial charge in [-0.15, -0.1) is 0 Å². The van der Waals surface area contributed by atoms with E-state index < -0.39 is 0 Å². The van der Waals surface area contributed by atoms with Crippen molar-refractivity contribution in [3.63, 3.8) is 0 Å². The zero-order chi connectivity index (χ0) is 18.3. The number of hydrogen-bond donors (Lipinski definition) is 0. The SMILES string of the molecule is Cc1noc(C)c1CN1C(=O)[C@H]2CC[C@@H]1CN(C(=O)CSCC1CC1)C2. The van der Waals surface area contributed by atoms with Crippen LogP contribution in [0.5, 0.6) is 0 Å². The first-order valence-electron chi connectivity index (χ1n) is 9.60. The Hall–Kier alpha value is -1.50. The summed E-state index contributed by atoms with van der Waals surface area (Å²) in [5.41, 5.74) is 1.85. The number of aromatic nitrogens is 1. The van der Waals surface area contributed by atoms with Crippen molar-refractivity contribution in [2.45, 2.75) is 52.1 Å². The van der Waals surface area contributed by atoms with E-state index in [2.05, 4.69) is 5.16 Å². The molecule has 1 aromatic rings. The first-order valence-corrected chi connectivity index (χ1v) is 10.8. The highest BCUT2D eigenvalue weighted by Gasteiger charge is 2.42. The van der Waals surface area contributed by atoms with Gasteiger partial charge < -0.3 is 14.3 Å². The molecule has 2 bridgehead atoms. The van der Waals surface area contributed by atoms with Gasteiger partial charge in [0.15, 0.2) is 0 Å². The first-order chi connectivity index (χ1) is 12.5. The summed E-state index contributed by atoms with van der Waals surface area (Å²) < 4.78 is 5.26. The molecule has 1 aromatic heterocycles. The topological polar surface area (TPSA) is 66.7 Å². The number of amides is 2. The van der Waals surface area contributed by atoms with Crippen molar-refractivity contribution >= 4 is 23.6 Å². The molecule has 1 aliphatic carbocycles. The summed E-state index contributed by atoms with van der Waals surface area (Å²) in [5, 5.41) is 4.01. The third kappa shape index (κ3) is 3.63. The van der Waals surface area contributed by atoms with Gasteiger partial charge >= 0.3 is 0 Å². The lowest BCUT2D eigenvalue weighted by Gasteiger charge is -2.35. The molecule has 0 N–H and O–H groups in total. The molecule has 3 saturated heterocycles. The highest BCUT2D eigenvalue weighted by atomic mass is 32.2. The minimum absolute atomic E-state index is 0.0633. The van der Waals surface area contributed by atoms with Gasteiger partial charge in [0.2, 0.25) is 11.8 Å². The van der Waals surface area contributed by atoms with Crippen LogP contribution in [0.25, 0.3) is 0 Å². The van der Waals surface area contributed by atoms with E-state index in [1.165, 1.54) is 12.8 Å². The second kappa shape index (κ2) is 7.25. The minimum atomic E-state index is -0.0633. The third-order valence-electron chi connectivity index (χ3n) is 5.93. The van der Waals surface area contributed by atoms with Gasteiger partial charge in [-0.3, -0.25) is 9.59 Å². The predicted molar refractivity (Wildman–Crippen MR) is 99.7 cm³/mol. The predicted octanol–water partition coefficient (Wildman–Crippen LogP) is 2.38. The molecule has 5 rings (SSSR count). The van der Waals surface area contributed by atoms with Crippen molar-refractivity contribution < 1.29 is 14.1 Å². The Labute approximate surface area is 158 Å². The van der Waals surface area contributed by atoms with Crippen LogP contribution in [0.1, 0.15) is 42.7 Å². The molecule has 6 nitrogen and oxygen atoms in total. The van der Waals surface area contributed by atoms with E-state index in [0.717, 1.165) is 41.5 Å². The Morgan fingerprint density at radius 1 is 1.23 bits per heavy atom. The van der Waals surface area contributed by atoms with Crippen molar-refractivity contribution in [1.82, 2.24) is 15.0 Å². The number of nitrogens with zero attached hydrogens (tertiary/aromatic N) is 3. The lowest BCUT2D eigenvalue weighted by atomic mass is 9.93. The van der Waals surface area contributed by atoms with E-state index in [1.54, 1.807) is 11.8 Å². The maximum Gasteiger partial charge on any atom is 0.232 e. The molecule has 1 saturated carbocycles. The van der Waals surface area contributed by atoms with Crippen LogP contribution in [0.2, 0.25) is 0 Å². The lowest BCUT2D eigenvalue weighted by Crippen LogP contribution is -2.47. The van der Waals surface area contributed by atoms with Crippen LogP contribution >= 0.6 is 11.8 Å². The molecule has 142 valence electrons. The zero-order valence-corrected chi connectivity index (χ0v) is 16.4. The summed E-state index contributed by atoms with van der Waals surface area (Å²) >= 11 is 1.75. The molecular formula is C19H27N3O3S. The van der Waals surface area contributed by atoms with Crippen molar-refractivity contribution in [2.75, 3.05) is 24.6 Å². The lowest BCUT2D eigenvalue weighted by molar-refractivity contribution is -0.140. The molecule has 0 spiro atoms. The Bertz CT molecular complexity index is 681. The molecule has 4 aliphatic rings. The molecule has 26 heavy (non-hydrogen) atoms. The first kappa shape index (κ1) is 17.9. The summed E-state index contributed by atoms with van der Waals surface area (Å²) in [7, 11) is 0. The van der Waals surface area contributed by atoms with Crippen molar-refractivity contribution in [1.29, 1.82) is 0 Å². The van der Waals surface area contributed by atoms with Crippen LogP contribution in [0.4, 0.5) is 0 Å². The average molecular weight is 378 g/mol. The monoisotopic (exact) mass is 377 g/mol. The summed E-state index contributed by atoms with van der Waals surface area (Å²) in [4.78, 5) is 29.5. The number of thioether (sulfide) groups is 1. The second-order valence-electron chi connectivity index (χ2n) is 7.95. The number of fused-ring (bicyclic) bond motifs is 4. The normalized spacial score (nSPS) is 25.7. The molecule has 2 amide bonds. The quantitative estimate of drug-likeness (QED) is 0.761. The fraction of sp³-hybridized carbons (Fsp3) is 0.737. The maximum atomic E-state index is 13.0. The van der Waals surface area contributed by atoms with Crippen LogP contribution < -0.4 is 0 Å². The standard InChI is InChI=1S/C19H27N3O3S/c1-12-17(13(2)25-20-12)9-22-16-6-5-15(19(22)24)7-21(8-16)18(23)11-26-10-14-3-4-14/h14-16H,3-11H2,1-2H3/t15-,16+/m0/s1. The van der Waals surface area contributed by atoms with Gasteiger partial charge in [0.05, 0.1) is 23.9 Å².